The van der Waals surface area contributed by atoms with Gasteiger partial charge in [-0.25, -0.2) is 14.4 Å². The van der Waals surface area contributed by atoms with Crippen LogP contribution in [0.2, 0.25) is 10.0 Å². The molecule has 6 rings (SSSR count). The van der Waals surface area contributed by atoms with Crippen LogP contribution in [0.3, 0.4) is 0 Å². The van der Waals surface area contributed by atoms with Crippen molar-refractivity contribution in [2.24, 2.45) is 5.10 Å². The van der Waals surface area contributed by atoms with Gasteiger partial charge in [0.15, 0.2) is 23.1 Å². The van der Waals surface area contributed by atoms with Crippen molar-refractivity contribution in [2.45, 2.75) is 6.61 Å². The first-order chi connectivity index (χ1) is 19.9. The number of rotatable bonds is 9. The maximum absolute atomic E-state index is 11.6. The molecule has 3 aromatic heterocycles. The van der Waals surface area contributed by atoms with E-state index in [0.717, 1.165) is 11.1 Å². The molecule has 3 aromatic carbocycles. The zero-order chi connectivity index (χ0) is 28.3. The number of aromatic amines is 2. The highest BCUT2D eigenvalue weighted by Crippen LogP contribution is 2.30. The predicted octanol–water partition coefficient (Wildman–Crippen LogP) is 5.27. The monoisotopic (exact) mass is 591 g/mol. The first kappa shape index (κ1) is 26.1. The van der Waals surface area contributed by atoms with Gasteiger partial charge in [-0.15, -0.1) is 0 Å². The molecule has 0 atom stereocenters. The highest BCUT2D eigenvalue weighted by atomic mass is 35.5. The molecule has 41 heavy (non-hydrogen) atoms. The standard InChI is InChI=1S/C26H19Cl2N9O4/c1-39-21-8-13(2-7-20(21)40-12-14-3-4-15(27)9-17(14)28)11-29-35-23-22(33-24-25(34-23)37-41-36-24)30-16-5-6-18-19(10-16)32-26(38)31-18/h2-11H,12H2,1H3,(H,30,33,36)(H2,31,32,38)(H,34,35,37)/b29-11+. The number of ether oxygens (including phenoxy) is 2. The Labute approximate surface area is 240 Å². The smallest absolute Gasteiger partial charge is 0.323 e. The summed E-state index contributed by atoms with van der Waals surface area (Å²) in [7, 11) is 1.55. The molecule has 0 aliphatic carbocycles. The minimum atomic E-state index is -0.300. The maximum Gasteiger partial charge on any atom is 0.323 e. The van der Waals surface area contributed by atoms with Crippen molar-refractivity contribution in [3.8, 4) is 11.5 Å². The molecule has 15 heteroatoms. The van der Waals surface area contributed by atoms with Crippen molar-refractivity contribution in [3.63, 3.8) is 0 Å². The number of H-pyrrole nitrogens is 2. The van der Waals surface area contributed by atoms with Gasteiger partial charge in [0.2, 0.25) is 11.3 Å². The number of halogens is 2. The molecule has 0 bridgehead atoms. The number of aromatic nitrogens is 6. The third kappa shape index (κ3) is 5.76. The van der Waals surface area contributed by atoms with Crippen LogP contribution in [0.5, 0.6) is 11.5 Å². The van der Waals surface area contributed by atoms with Crippen molar-refractivity contribution in [1.82, 2.24) is 30.2 Å². The lowest BCUT2D eigenvalue weighted by atomic mass is 10.2. The summed E-state index contributed by atoms with van der Waals surface area (Å²) in [5.41, 5.74) is 6.44. The number of anilines is 3. The van der Waals surface area contributed by atoms with Gasteiger partial charge in [-0.2, -0.15) is 10.1 Å². The molecule has 0 radical (unpaired) electrons. The van der Waals surface area contributed by atoms with Crippen LogP contribution in [0.25, 0.3) is 22.3 Å². The number of hydrogen-bond donors (Lipinski definition) is 4. The van der Waals surface area contributed by atoms with E-state index >= 15 is 0 Å². The van der Waals surface area contributed by atoms with Crippen molar-refractivity contribution in [2.75, 3.05) is 17.9 Å². The topological polar surface area (TPSA) is 168 Å². The van der Waals surface area contributed by atoms with E-state index < -0.39 is 0 Å². The normalized spacial score (nSPS) is 11.4. The second kappa shape index (κ2) is 11.2. The number of hydrogen-bond acceptors (Lipinski definition) is 11. The predicted molar refractivity (Wildman–Crippen MR) is 155 cm³/mol. The molecule has 0 saturated heterocycles. The van der Waals surface area contributed by atoms with Gasteiger partial charge < -0.3 is 24.8 Å². The average molecular weight is 592 g/mol. The minimum Gasteiger partial charge on any atom is -0.493 e. The average Bonchev–Trinajstić information content (AvgIpc) is 3.57. The number of hydrazone groups is 1. The molecule has 0 unspecified atom stereocenters. The van der Waals surface area contributed by atoms with Crippen LogP contribution in [0.1, 0.15) is 11.1 Å². The number of fused-ring (bicyclic) bond motifs is 2. The fraction of sp³-hybridized carbons (Fsp3) is 0.0769. The van der Waals surface area contributed by atoms with Crippen LogP contribution in [0.4, 0.5) is 17.3 Å². The van der Waals surface area contributed by atoms with E-state index in [2.05, 4.69) is 46.1 Å². The van der Waals surface area contributed by atoms with Gasteiger partial charge in [-0.3, -0.25) is 5.43 Å². The van der Waals surface area contributed by atoms with Crippen LogP contribution in [-0.4, -0.2) is 43.6 Å². The molecule has 0 fully saturated rings. The summed E-state index contributed by atoms with van der Waals surface area (Å²) in [6, 6.07) is 15.9. The van der Waals surface area contributed by atoms with Crippen molar-refractivity contribution in [1.29, 1.82) is 0 Å². The molecule has 0 aliphatic rings. The molecule has 6 aromatic rings. The van der Waals surface area contributed by atoms with Crippen LogP contribution >= 0.6 is 23.2 Å². The van der Waals surface area contributed by atoms with Gasteiger partial charge in [0.25, 0.3) is 0 Å². The van der Waals surface area contributed by atoms with Crippen LogP contribution < -0.4 is 25.9 Å². The molecule has 206 valence electrons. The second-order valence-electron chi connectivity index (χ2n) is 8.60. The first-order valence-corrected chi connectivity index (χ1v) is 12.7. The van der Waals surface area contributed by atoms with Gasteiger partial charge in [0, 0.05) is 21.3 Å². The summed E-state index contributed by atoms with van der Waals surface area (Å²) in [5, 5.41) is 16.0. The first-order valence-electron chi connectivity index (χ1n) is 12.0. The fourth-order valence-electron chi connectivity index (χ4n) is 3.90. The zero-order valence-electron chi connectivity index (χ0n) is 21.1. The molecule has 0 aliphatic heterocycles. The quantitative estimate of drug-likeness (QED) is 0.128. The number of imidazole rings is 1. The summed E-state index contributed by atoms with van der Waals surface area (Å²) >= 11 is 12.2. The largest absolute Gasteiger partial charge is 0.493 e. The van der Waals surface area contributed by atoms with Crippen LogP contribution in [-0.2, 0) is 6.61 Å². The molecular formula is C26H19Cl2N9O4. The summed E-state index contributed by atoms with van der Waals surface area (Å²) < 4.78 is 16.2. The molecule has 13 nitrogen and oxygen atoms in total. The summed E-state index contributed by atoms with van der Waals surface area (Å²) in [4.78, 5) is 25.8. The van der Waals surface area contributed by atoms with Gasteiger partial charge in [-0.05, 0) is 64.4 Å². The molecule has 4 N–H and O–H groups in total. The summed E-state index contributed by atoms with van der Waals surface area (Å²) in [6.45, 7) is 0.238. The zero-order valence-corrected chi connectivity index (χ0v) is 22.6. The molecule has 3 heterocycles. The third-order valence-electron chi connectivity index (χ3n) is 5.86. The van der Waals surface area contributed by atoms with E-state index in [-0.39, 0.29) is 29.4 Å². The second-order valence-corrected chi connectivity index (χ2v) is 9.45. The van der Waals surface area contributed by atoms with Crippen molar-refractivity contribution >= 4 is 69.1 Å². The van der Waals surface area contributed by atoms with E-state index in [4.69, 9.17) is 37.3 Å². The van der Waals surface area contributed by atoms with Gasteiger partial charge in [0.05, 0.1) is 24.4 Å². The van der Waals surface area contributed by atoms with Gasteiger partial charge >= 0.3 is 5.69 Å². The molecule has 0 spiro atoms. The van der Waals surface area contributed by atoms with E-state index in [1.54, 1.807) is 55.8 Å². The lowest BCUT2D eigenvalue weighted by Crippen LogP contribution is -2.03. The molecule has 0 saturated carbocycles. The number of nitrogens with zero attached hydrogens (tertiary/aromatic N) is 5. The van der Waals surface area contributed by atoms with Crippen molar-refractivity contribution < 1.29 is 14.1 Å². The Balaban J connectivity index is 1.20. The van der Waals surface area contributed by atoms with Crippen molar-refractivity contribution in [3.05, 3.63) is 86.3 Å². The van der Waals surface area contributed by atoms with E-state index in [9.17, 15) is 4.79 Å². The van der Waals surface area contributed by atoms with Crippen LogP contribution in [0.15, 0.2) is 69.1 Å². The van der Waals surface area contributed by atoms with Gasteiger partial charge in [-0.1, -0.05) is 29.3 Å². The third-order valence-corrected chi connectivity index (χ3v) is 6.45. The molecule has 0 amide bonds. The highest BCUT2D eigenvalue weighted by Gasteiger charge is 2.14. The Bertz CT molecular complexity index is 1970. The Hall–Kier alpha value is -5.14. The number of benzene rings is 3. The van der Waals surface area contributed by atoms with Gasteiger partial charge in [0.1, 0.15) is 6.61 Å². The SMILES string of the molecule is COc1cc(/C=N/Nc2nc3nonc3nc2Nc2ccc3[nH]c(=O)[nH]c3c2)ccc1OCc1ccc(Cl)cc1Cl. The molecular weight excluding hydrogens is 573 g/mol. The minimum absolute atomic E-state index is 0.197. The summed E-state index contributed by atoms with van der Waals surface area (Å²) in [5.74, 6) is 1.61. The Kier molecular flexibility index (Phi) is 7.10. The highest BCUT2D eigenvalue weighted by molar-refractivity contribution is 6.35. The Morgan fingerprint density at radius 1 is 0.951 bits per heavy atom. The fourth-order valence-corrected chi connectivity index (χ4v) is 4.36. The lowest BCUT2D eigenvalue weighted by Gasteiger charge is -2.12. The summed E-state index contributed by atoms with van der Waals surface area (Å²) in [6.07, 6.45) is 1.58. The van der Waals surface area contributed by atoms with E-state index in [1.807, 2.05) is 12.1 Å². The van der Waals surface area contributed by atoms with E-state index in [1.165, 1.54) is 0 Å². The lowest BCUT2D eigenvalue weighted by molar-refractivity contribution is 0.284. The Morgan fingerprint density at radius 2 is 1.76 bits per heavy atom. The van der Waals surface area contributed by atoms with Crippen LogP contribution in [0, 0.1) is 0 Å². The Morgan fingerprint density at radius 3 is 2.56 bits per heavy atom. The number of nitrogens with one attached hydrogen (secondary N) is 4. The maximum atomic E-state index is 11.6. The van der Waals surface area contributed by atoms with E-state index in [0.29, 0.717) is 44.1 Å². The number of methoxy groups -OCH3 is 1.